The summed E-state index contributed by atoms with van der Waals surface area (Å²) < 4.78 is 12.9. The van der Waals surface area contributed by atoms with Gasteiger partial charge in [0.1, 0.15) is 11.5 Å². The van der Waals surface area contributed by atoms with Crippen LogP contribution in [0.2, 0.25) is 0 Å². The van der Waals surface area contributed by atoms with Crippen molar-refractivity contribution in [1.82, 2.24) is 0 Å². The first-order chi connectivity index (χ1) is 7.56. The van der Waals surface area contributed by atoms with Crippen LogP contribution in [0.25, 0.3) is 0 Å². The maximum Gasteiger partial charge on any atom is 0.295 e. The average molecular weight is 226 g/mol. The van der Waals surface area contributed by atoms with Gasteiger partial charge in [0.05, 0.1) is 23.1 Å². The van der Waals surface area contributed by atoms with Crippen LogP contribution >= 0.6 is 0 Å². The van der Waals surface area contributed by atoms with Crippen molar-refractivity contribution < 1.29 is 14.4 Å². The molecule has 1 aliphatic carbocycles. The summed E-state index contributed by atoms with van der Waals surface area (Å²) in [6.07, 6.45) is 1.52. The van der Waals surface area contributed by atoms with E-state index in [1.165, 1.54) is 6.07 Å². The molecule has 0 spiro atoms. The maximum atomic E-state index is 12.9. The Bertz CT molecular complexity index is 432. The number of nitrogens with one attached hydrogen (secondary N) is 1. The van der Waals surface area contributed by atoms with Gasteiger partial charge in [0.15, 0.2) is 0 Å². The second-order valence-electron chi connectivity index (χ2n) is 3.98. The highest BCUT2D eigenvalue weighted by molar-refractivity contribution is 5.63. The number of nitro benzene ring substituents is 1. The van der Waals surface area contributed by atoms with E-state index in [-0.39, 0.29) is 18.0 Å². The van der Waals surface area contributed by atoms with E-state index >= 15 is 0 Å². The Morgan fingerprint density at radius 3 is 2.75 bits per heavy atom. The van der Waals surface area contributed by atoms with Crippen molar-refractivity contribution in [3.63, 3.8) is 0 Å². The van der Waals surface area contributed by atoms with Crippen molar-refractivity contribution in [2.45, 2.75) is 18.4 Å². The van der Waals surface area contributed by atoms with E-state index in [1.807, 2.05) is 0 Å². The van der Waals surface area contributed by atoms with Crippen LogP contribution in [-0.4, -0.2) is 22.2 Å². The molecule has 0 amide bonds. The third kappa shape index (κ3) is 1.96. The van der Waals surface area contributed by atoms with Crippen LogP contribution in [0, 0.1) is 15.9 Å². The van der Waals surface area contributed by atoms with Gasteiger partial charge in [-0.3, -0.25) is 10.1 Å². The van der Waals surface area contributed by atoms with E-state index in [0.717, 1.165) is 25.0 Å². The highest BCUT2D eigenvalue weighted by atomic mass is 19.1. The van der Waals surface area contributed by atoms with Gasteiger partial charge < -0.3 is 10.4 Å². The number of nitrogens with zero attached hydrogens (tertiary/aromatic N) is 1. The zero-order valence-corrected chi connectivity index (χ0v) is 8.44. The summed E-state index contributed by atoms with van der Waals surface area (Å²) in [4.78, 5) is 10.1. The summed E-state index contributed by atoms with van der Waals surface area (Å²) in [5, 5.41) is 22.7. The van der Waals surface area contributed by atoms with Gasteiger partial charge in [-0.05, 0) is 25.0 Å². The Hall–Kier alpha value is -1.69. The first-order valence-corrected chi connectivity index (χ1v) is 4.89. The summed E-state index contributed by atoms with van der Waals surface area (Å²) in [7, 11) is 0. The van der Waals surface area contributed by atoms with Crippen LogP contribution in [0.5, 0.6) is 0 Å². The lowest BCUT2D eigenvalue weighted by molar-refractivity contribution is -0.384. The highest BCUT2D eigenvalue weighted by Crippen LogP contribution is 2.40. The third-order valence-corrected chi connectivity index (χ3v) is 2.71. The van der Waals surface area contributed by atoms with E-state index in [9.17, 15) is 14.5 Å². The van der Waals surface area contributed by atoms with Gasteiger partial charge in [-0.1, -0.05) is 0 Å². The molecule has 2 rings (SSSR count). The number of rotatable bonds is 4. The van der Waals surface area contributed by atoms with Gasteiger partial charge in [0, 0.05) is 0 Å². The summed E-state index contributed by atoms with van der Waals surface area (Å²) in [5.41, 5.74) is -0.513. The van der Waals surface area contributed by atoms with Crippen molar-refractivity contribution in [1.29, 1.82) is 0 Å². The van der Waals surface area contributed by atoms with Crippen molar-refractivity contribution in [3.05, 3.63) is 34.1 Å². The number of aliphatic hydroxyl groups is 1. The Morgan fingerprint density at radius 2 is 2.25 bits per heavy atom. The minimum Gasteiger partial charge on any atom is -0.394 e. The number of halogens is 1. The monoisotopic (exact) mass is 226 g/mol. The molecule has 0 bridgehead atoms. The molecule has 0 aromatic heterocycles. The molecule has 6 heteroatoms. The minimum absolute atomic E-state index is 0.0818. The van der Waals surface area contributed by atoms with Gasteiger partial charge in [0.25, 0.3) is 5.69 Å². The predicted octanol–water partition coefficient (Wildman–Crippen LogP) is 1.67. The number of nitro groups is 1. The summed E-state index contributed by atoms with van der Waals surface area (Å²) >= 11 is 0. The molecule has 0 unspecified atom stereocenters. The van der Waals surface area contributed by atoms with Crippen molar-refractivity contribution >= 4 is 11.4 Å². The molecule has 0 heterocycles. The molecular weight excluding hydrogens is 215 g/mol. The second kappa shape index (κ2) is 3.71. The molecule has 86 valence electrons. The van der Waals surface area contributed by atoms with Crippen molar-refractivity contribution in [3.8, 4) is 0 Å². The van der Waals surface area contributed by atoms with E-state index in [2.05, 4.69) is 5.32 Å². The van der Waals surface area contributed by atoms with Crippen LogP contribution < -0.4 is 5.32 Å². The molecule has 0 aliphatic heterocycles. The molecule has 1 saturated carbocycles. The first-order valence-electron chi connectivity index (χ1n) is 4.89. The van der Waals surface area contributed by atoms with Crippen LogP contribution in [0.15, 0.2) is 18.2 Å². The standard InChI is InChI=1S/C10H11FN2O3/c11-7-1-2-8(9(5-7)13(15)16)12-10(6-14)3-4-10/h1-2,5,12,14H,3-4,6H2. The molecule has 1 fully saturated rings. The van der Waals surface area contributed by atoms with Crippen LogP contribution in [0.4, 0.5) is 15.8 Å². The van der Waals surface area contributed by atoms with E-state index in [1.54, 1.807) is 0 Å². The van der Waals surface area contributed by atoms with Gasteiger partial charge in [-0.25, -0.2) is 4.39 Å². The predicted molar refractivity (Wildman–Crippen MR) is 55.7 cm³/mol. The number of hydrogen-bond donors (Lipinski definition) is 2. The number of hydrogen-bond acceptors (Lipinski definition) is 4. The lowest BCUT2D eigenvalue weighted by atomic mass is 10.2. The second-order valence-corrected chi connectivity index (χ2v) is 3.98. The third-order valence-electron chi connectivity index (χ3n) is 2.71. The fraction of sp³-hybridized carbons (Fsp3) is 0.400. The zero-order chi connectivity index (χ0) is 11.8. The van der Waals surface area contributed by atoms with Crippen LogP contribution in [0.3, 0.4) is 0 Å². The van der Waals surface area contributed by atoms with Crippen molar-refractivity contribution in [2.75, 3.05) is 11.9 Å². The van der Waals surface area contributed by atoms with Gasteiger partial charge in [-0.15, -0.1) is 0 Å². The SMILES string of the molecule is O=[N+]([O-])c1cc(F)ccc1NC1(CO)CC1. The fourth-order valence-electron chi connectivity index (χ4n) is 1.52. The Kier molecular flexibility index (Phi) is 2.51. The smallest absolute Gasteiger partial charge is 0.295 e. The highest BCUT2D eigenvalue weighted by Gasteiger charge is 2.43. The number of benzene rings is 1. The summed E-state index contributed by atoms with van der Waals surface area (Å²) in [5.74, 6) is -0.647. The maximum absolute atomic E-state index is 12.9. The summed E-state index contributed by atoms with van der Waals surface area (Å²) in [6.45, 7) is -0.0818. The number of aliphatic hydroxyl groups excluding tert-OH is 1. The number of anilines is 1. The van der Waals surface area contributed by atoms with Gasteiger partial charge >= 0.3 is 0 Å². The van der Waals surface area contributed by atoms with E-state index in [4.69, 9.17) is 5.11 Å². The summed E-state index contributed by atoms with van der Waals surface area (Å²) in [6, 6.07) is 3.35. The fourth-order valence-corrected chi connectivity index (χ4v) is 1.52. The molecule has 5 nitrogen and oxygen atoms in total. The largest absolute Gasteiger partial charge is 0.394 e. The minimum atomic E-state index is -0.647. The molecule has 1 aliphatic rings. The lowest BCUT2D eigenvalue weighted by Crippen LogP contribution is -2.26. The quantitative estimate of drug-likeness (QED) is 0.604. The van der Waals surface area contributed by atoms with Crippen molar-refractivity contribution in [2.24, 2.45) is 0 Å². The molecule has 1 aromatic rings. The molecule has 0 saturated heterocycles. The van der Waals surface area contributed by atoms with E-state index in [0.29, 0.717) is 0 Å². The molecule has 0 radical (unpaired) electrons. The molecule has 1 aromatic carbocycles. The van der Waals surface area contributed by atoms with Crippen LogP contribution in [0.1, 0.15) is 12.8 Å². The van der Waals surface area contributed by atoms with E-state index < -0.39 is 16.3 Å². The molecular formula is C10H11FN2O3. The first kappa shape index (κ1) is 10.8. The molecule has 16 heavy (non-hydrogen) atoms. The molecule has 2 N–H and O–H groups in total. The lowest BCUT2D eigenvalue weighted by Gasteiger charge is -2.15. The Balaban J connectivity index is 2.29. The normalized spacial score (nSPS) is 16.9. The average Bonchev–Trinajstić information content (AvgIpc) is 3.01. The van der Waals surface area contributed by atoms with Crippen LogP contribution in [-0.2, 0) is 0 Å². The topological polar surface area (TPSA) is 75.4 Å². The van der Waals surface area contributed by atoms with Gasteiger partial charge in [-0.2, -0.15) is 0 Å². The Morgan fingerprint density at radius 1 is 1.56 bits per heavy atom. The molecule has 0 atom stereocenters. The zero-order valence-electron chi connectivity index (χ0n) is 8.44. The Labute approximate surface area is 91.0 Å². The van der Waals surface area contributed by atoms with Gasteiger partial charge in [0.2, 0.25) is 0 Å².